The van der Waals surface area contributed by atoms with Gasteiger partial charge < -0.3 is 10.6 Å². The minimum Gasteiger partial charge on any atom is -0.355 e. The summed E-state index contributed by atoms with van der Waals surface area (Å²) in [5.74, 6) is 0.147. The van der Waals surface area contributed by atoms with Crippen molar-refractivity contribution >= 4 is 29.5 Å². The number of imide groups is 1. The van der Waals surface area contributed by atoms with Crippen molar-refractivity contribution < 1.29 is 9.59 Å². The summed E-state index contributed by atoms with van der Waals surface area (Å²) >= 11 is 1.72. The molecule has 2 aromatic rings. The third kappa shape index (κ3) is 4.20. The van der Waals surface area contributed by atoms with Crippen LogP contribution < -0.4 is 10.6 Å². The van der Waals surface area contributed by atoms with Crippen molar-refractivity contribution in [1.29, 1.82) is 0 Å². The molecule has 7 heteroatoms. The van der Waals surface area contributed by atoms with Crippen LogP contribution in [-0.4, -0.2) is 49.1 Å². The van der Waals surface area contributed by atoms with Crippen LogP contribution in [-0.2, 0) is 6.54 Å². The third-order valence-electron chi connectivity index (χ3n) is 4.62. The van der Waals surface area contributed by atoms with E-state index in [1.54, 1.807) is 43.1 Å². The molecule has 0 atom stereocenters. The molecule has 2 aromatic carbocycles. The summed E-state index contributed by atoms with van der Waals surface area (Å²) in [5.41, 5.74) is 3.37. The molecule has 146 valence electrons. The maximum Gasteiger partial charge on any atom is 0.261 e. The van der Waals surface area contributed by atoms with Gasteiger partial charge in [-0.1, -0.05) is 24.3 Å². The molecule has 0 aliphatic carbocycles. The van der Waals surface area contributed by atoms with Gasteiger partial charge in [-0.2, -0.15) is 0 Å². The number of carbonyl (C=O) groups is 2. The Morgan fingerprint density at radius 3 is 2.36 bits per heavy atom. The van der Waals surface area contributed by atoms with Crippen molar-refractivity contribution in [2.24, 2.45) is 4.99 Å². The minimum absolute atomic E-state index is 0.241. The van der Waals surface area contributed by atoms with Gasteiger partial charge in [-0.25, -0.2) is 0 Å². The van der Waals surface area contributed by atoms with E-state index in [9.17, 15) is 9.59 Å². The first-order chi connectivity index (χ1) is 13.5. The topological polar surface area (TPSA) is 73.8 Å². The zero-order valence-corrected chi connectivity index (χ0v) is 17.1. The molecule has 0 unspecified atom stereocenters. The Balaban J connectivity index is 1.53. The predicted octanol–water partition coefficient (Wildman–Crippen LogP) is 2.68. The van der Waals surface area contributed by atoms with Crippen LogP contribution in [0.1, 0.15) is 31.8 Å². The minimum atomic E-state index is -0.241. The van der Waals surface area contributed by atoms with Crippen LogP contribution >= 0.6 is 11.8 Å². The maximum absolute atomic E-state index is 12.4. The lowest BCUT2D eigenvalue weighted by molar-refractivity contribution is 0.0657. The predicted molar refractivity (Wildman–Crippen MR) is 113 cm³/mol. The van der Waals surface area contributed by atoms with Crippen molar-refractivity contribution in [2.75, 3.05) is 26.4 Å². The van der Waals surface area contributed by atoms with Crippen LogP contribution in [0, 0.1) is 6.92 Å². The molecule has 1 aliphatic heterocycles. The summed E-state index contributed by atoms with van der Waals surface area (Å²) in [5, 5.41) is 6.45. The fourth-order valence-electron chi connectivity index (χ4n) is 3.13. The molecule has 1 heterocycles. The van der Waals surface area contributed by atoms with Crippen molar-refractivity contribution in [1.82, 2.24) is 15.5 Å². The molecule has 0 saturated heterocycles. The largest absolute Gasteiger partial charge is 0.355 e. The number of guanidine groups is 1. The summed E-state index contributed by atoms with van der Waals surface area (Å²) in [7, 11) is 1.70. The molecule has 0 bridgehead atoms. The number of hydrogen-bond donors (Lipinski definition) is 2. The summed E-state index contributed by atoms with van der Waals surface area (Å²) in [6, 6.07) is 13.3. The van der Waals surface area contributed by atoms with Gasteiger partial charge in [0.15, 0.2) is 5.96 Å². The number of nitrogens with zero attached hydrogens (tertiary/aromatic N) is 2. The van der Waals surface area contributed by atoms with Gasteiger partial charge in [-0.3, -0.25) is 19.5 Å². The van der Waals surface area contributed by atoms with E-state index in [-0.39, 0.29) is 18.4 Å². The Labute approximate surface area is 169 Å². The summed E-state index contributed by atoms with van der Waals surface area (Å²) in [6.45, 7) is 3.43. The Hall–Kier alpha value is -2.80. The van der Waals surface area contributed by atoms with E-state index < -0.39 is 0 Å². The molecule has 0 radical (unpaired) electrons. The number of thioether (sulfide) groups is 1. The fraction of sp³-hybridized carbons (Fsp3) is 0.286. The molecule has 1 aliphatic rings. The zero-order valence-electron chi connectivity index (χ0n) is 16.3. The lowest BCUT2D eigenvalue weighted by Gasteiger charge is -2.17. The second-order valence-corrected chi connectivity index (χ2v) is 7.32. The molecule has 0 saturated carbocycles. The number of carbonyl (C=O) groups excluding carboxylic acids is 2. The van der Waals surface area contributed by atoms with Gasteiger partial charge in [-0.15, -0.1) is 11.8 Å². The van der Waals surface area contributed by atoms with Crippen LogP contribution in [0.2, 0.25) is 0 Å². The highest BCUT2D eigenvalue weighted by Crippen LogP contribution is 2.22. The molecule has 0 fully saturated rings. The van der Waals surface area contributed by atoms with Crippen molar-refractivity contribution in [3.05, 3.63) is 64.7 Å². The van der Waals surface area contributed by atoms with E-state index in [2.05, 4.69) is 47.0 Å². The highest BCUT2D eigenvalue weighted by molar-refractivity contribution is 7.98. The average molecular weight is 397 g/mol. The van der Waals surface area contributed by atoms with Crippen molar-refractivity contribution in [3.63, 3.8) is 0 Å². The molecule has 28 heavy (non-hydrogen) atoms. The van der Waals surface area contributed by atoms with Gasteiger partial charge in [-0.05, 0) is 42.5 Å². The van der Waals surface area contributed by atoms with Crippen LogP contribution in [0.25, 0.3) is 0 Å². The molecule has 0 aromatic heterocycles. The molecular weight excluding hydrogens is 372 g/mol. The van der Waals surface area contributed by atoms with E-state index in [1.807, 2.05) is 0 Å². The second-order valence-electron chi connectivity index (χ2n) is 6.48. The standard InChI is InChI=1S/C21H24N4O2S/c1-14-8-9-15(18(12-14)28-3)13-24-21(22-2)23-10-11-25-19(26)16-6-4-5-7-17(16)20(25)27/h4-9,12H,10-11,13H2,1-3H3,(H2,22,23,24). The Kier molecular flexibility index (Phi) is 6.36. The van der Waals surface area contributed by atoms with E-state index in [0.717, 1.165) is 0 Å². The number of hydrogen-bond acceptors (Lipinski definition) is 4. The quantitative estimate of drug-likeness (QED) is 0.340. The van der Waals surface area contributed by atoms with E-state index in [1.165, 1.54) is 20.9 Å². The van der Waals surface area contributed by atoms with Crippen LogP contribution in [0.4, 0.5) is 0 Å². The van der Waals surface area contributed by atoms with Gasteiger partial charge in [0.05, 0.1) is 11.1 Å². The fourth-order valence-corrected chi connectivity index (χ4v) is 3.83. The molecule has 0 spiro atoms. The maximum atomic E-state index is 12.4. The van der Waals surface area contributed by atoms with Crippen molar-refractivity contribution in [2.45, 2.75) is 18.4 Å². The van der Waals surface area contributed by atoms with Crippen LogP contribution in [0.3, 0.4) is 0 Å². The number of amides is 2. The SMILES string of the molecule is CN=C(NCCN1C(=O)c2ccccc2C1=O)NCc1ccc(C)cc1SC. The average Bonchev–Trinajstić information content (AvgIpc) is 2.96. The Bertz CT molecular complexity index is 891. The first-order valence-electron chi connectivity index (χ1n) is 9.08. The van der Waals surface area contributed by atoms with Crippen LogP contribution in [0.5, 0.6) is 0 Å². The first kappa shape index (κ1) is 19.9. The van der Waals surface area contributed by atoms with E-state index in [0.29, 0.717) is 30.2 Å². The molecule has 3 rings (SSSR count). The summed E-state index contributed by atoms with van der Waals surface area (Å²) in [6.07, 6.45) is 2.06. The number of fused-ring (bicyclic) bond motifs is 1. The summed E-state index contributed by atoms with van der Waals surface area (Å²) < 4.78 is 0. The van der Waals surface area contributed by atoms with E-state index in [4.69, 9.17) is 0 Å². The molecule has 6 nitrogen and oxygen atoms in total. The normalized spacial score (nSPS) is 13.7. The number of aryl methyl sites for hydroxylation is 1. The highest BCUT2D eigenvalue weighted by Gasteiger charge is 2.34. The number of nitrogens with one attached hydrogen (secondary N) is 2. The van der Waals surface area contributed by atoms with Crippen LogP contribution in [0.15, 0.2) is 52.4 Å². The number of rotatable bonds is 6. The zero-order chi connectivity index (χ0) is 20.1. The highest BCUT2D eigenvalue weighted by atomic mass is 32.2. The van der Waals surface area contributed by atoms with E-state index >= 15 is 0 Å². The lowest BCUT2D eigenvalue weighted by atomic mass is 10.1. The smallest absolute Gasteiger partial charge is 0.261 e. The number of aliphatic imine (C=N–C) groups is 1. The Morgan fingerprint density at radius 1 is 1.07 bits per heavy atom. The summed E-state index contributed by atoms with van der Waals surface area (Å²) in [4.78, 5) is 31.5. The number of benzene rings is 2. The monoisotopic (exact) mass is 396 g/mol. The Morgan fingerprint density at radius 2 is 1.75 bits per heavy atom. The van der Waals surface area contributed by atoms with Crippen molar-refractivity contribution in [3.8, 4) is 0 Å². The van der Waals surface area contributed by atoms with Gasteiger partial charge >= 0.3 is 0 Å². The third-order valence-corrected chi connectivity index (χ3v) is 5.44. The first-order valence-corrected chi connectivity index (χ1v) is 10.3. The second kappa shape index (κ2) is 8.93. The molecule has 2 amide bonds. The van der Waals surface area contributed by atoms with Gasteiger partial charge in [0.1, 0.15) is 0 Å². The van der Waals surface area contributed by atoms with Gasteiger partial charge in [0.25, 0.3) is 11.8 Å². The van der Waals surface area contributed by atoms with Gasteiger partial charge in [0.2, 0.25) is 0 Å². The molecule has 2 N–H and O–H groups in total. The lowest BCUT2D eigenvalue weighted by Crippen LogP contribution is -2.42. The van der Waals surface area contributed by atoms with Gasteiger partial charge in [0, 0.05) is 31.6 Å². The molecular formula is C21H24N4O2S.